The average molecular weight is 391 g/mol. The highest BCUT2D eigenvalue weighted by atomic mass is 16.5. The quantitative estimate of drug-likeness (QED) is 0.626. The second kappa shape index (κ2) is 9.10. The van der Waals surface area contributed by atoms with Crippen molar-refractivity contribution in [2.24, 2.45) is 0 Å². The predicted molar refractivity (Wildman–Crippen MR) is 116 cm³/mol. The van der Waals surface area contributed by atoms with Crippen LogP contribution in [-0.2, 0) is 0 Å². The molecule has 0 saturated heterocycles. The van der Waals surface area contributed by atoms with Crippen LogP contribution < -0.4 is 19.7 Å². The first-order chi connectivity index (χ1) is 14.0. The van der Waals surface area contributed by atoms with E-state index >= 15 is 0 Å². The summed E-state index contributed by atoms with van der Waals surface area (Å²) in [6.07, 6.45) is 1.64. The lowest BCUT2D eigenvalue weighted by molar-refractivity contribution is 0.102. The van der Waals surface area contributed by atoms with Gasteiger partial charge in [-0.25, -0.2) is 0 Å². The van der Waals surface area contributed by atoms with Crippen LogP contribution in [0.15, 0.2) is 60.8 Å². The van der Waals surface area contributed by atoms with Crippen LogP contribution in [0.4, 0.5) is 17.1 Å². The van der Waals surface area contributed by atoms with Crippen molar-refractivity contribution in [2.75, 3.05) is 31.0 Å². The maximum Gasteiger partial charge on any atom is 0.274 e. The van der Waals surface area contributed by atoms with E-state index in [0.717, 1.165) is 17.9 Å². The van der Waals surface area contributed by atoms with E-state index in [0.29, 0.717) is 22.9 Å². The molecule has 0 spiro atoms. The first-order valence-corrected chi connectivity index (χ1v) is 9.39. The maximum absolute atomic E-state index is 12.8. The Balaban J connectivity index is 1.88. The summed E-state index contributed by atoms with van der Waals surface area (Å²) in [5.74, 6) is 0.850. The lowest BCUT2D eigenvalue weighted by Crippen LogP contribution is -2.19. The molecule has 1 amide bonds. The molecule has 3 aromatic rings. The monoisotopic (exact) mass is 391 g/mol. The topological polar surface area (TPSA) is 63.7 Å². The van der Waals surface area contributed by atoms with Crippen molar-refractivity contribution >= 4 is 23.0 Å². The summed E-state index contributed by atoms with van der Waals surface area (Å²) in [5.41, 5.74) is 3.99. The summed E-state index contributed by atoms with van der Waals surface area (Å²) in [5, 5.41) is 2.86. The fourth-order valence-electron chi connectivity index (χ4n) is 3.12. The van der Waals surface area contributed by atoms with Crippen molar-refractivity contribution in [2.45, 2.75) is 13.8 Å². The number of aromatic nitrogens is 1. The molecule has 29 heavy (non-hydrogen) atoms. The number of nitrogens with zero attached hydrogens (tertiary/aromatic N) is 2. The molecule has 150 valence electrons. The third-order valence-corrected chi connectivity index (χ3v) is 4.57. The second-order valence-electron chi connectivity index (χ2n) is 6.50. The van der Waals surface area contributed by atoms with Gasteiger partial charge in [-0.1, -0.05) is 12.1 Å². The number of benzene rings is 2. The molecule has 0 atom stereocenters. The van der Waals surface area contributed by atoms with Crippen LogP contribution in [0.3, 0.4) is 0 Å². The van der Waals surface area contributed by atoms with Crippen LogP contribution >= 0.6 is 0 Å². The molecule has 6 heteroatoms. The van der Waals surface area contributed by atoms with E-state index in [2.05, 4.69) is 47.2 Å². The molecule has 1 heterocycles. The fourth-order valence-corrected chi connectivity index (χ4v) is 3.12. The van der Waals surface area contributed by atoms with Gasteiger partial charge < -0.3 is 19.7 Å². The third-order valence-electron chi connectivity index (χ3n) is 4.57. The summed E-state index contributed by atoms with van der Waals surface area (Å²) in [6, 6.07) is 17.2. The molecule has 6 nitrogen and oxygen atoms in total. The molecule has 0 bridgehead atoms. The van der Waals surface area contributed by atoms with Crippen LogP contribution in [0, 0.1) is 6.92 Å². The van der Waals surface area contributed by atoms with Crippen molar-refractivity contribution in [1.29, 1.82) is 0 Å². The van der Waals surface area contributed by atoms with Gasteiger partial charge in [0.2, 0.25) is 0 Å². The second-order valence-corrected chi connectivity index (χ2v) is 6.50. The van der Waals surface area contributed by atoms with Gasteiger partial charge in [-0.05, 0) is 55.8 Å². The summed E-state index contributed by atoms with van der Waals surface area (Å²) >= 11 is 0. The van der Waals surface area contributed by atoms with Crippen molar-refractivity contribution in [3.8, 4) is 11.5 Å². The number of hydrogen-bond acceptors (Lipinski definition) is 5. The minimum atomic E-state index is -0.321. The Hall–Kier alpha value is -3.54. The van der Waals surface area contributed by atoms with Crippen molar-refractivity contribution in [1.82, 2.24) is 4.98 Å². The smallest absolute Gasteiger partial charge is 0.274 e. The van der Waals surface area contributed by atoms with Gasteiger partial charge in [0.05, 0.1) is 19.9 Å². The van der Waals surface area contributed by atoms with Gasteiger partial charge >= 0.3 is 0 Å². The highest BCUT2D eigenvalue weighted by Crippen LogP contribution is 2.30. The number of carbonyl (C=O) groups excluding carboxylic acids is 1. The Morgan fingerprint density at radius 3 is 2.52 bits per heavy atom. The zero-order valence-corrected chi connectivity index (χ0v) is 17.1. The minimum Gasteiger partial charge on any atom is -0.497 e. The highest BCUT2D eigenvalue weighted by molar-refractivity contribution is 6.04. The minimum absolute atomic E-state index is 0.318. The van der Waals surface area contributed by atoms with E-state index in [1.165, 1.54) is 5.56 Å². The largest absolute Gasteiger partial charge is 0.497 e. The Kier molecular flexibility index (Phi) is 6.34. The number of nitrogens with one attached hydrogen (secondary N) is 1. The number of amides is 1. The van der Waals surface area contributed by atoms with Crippen LogP contribution in [0.2, 0.25) is 0 Å². The van der Waals surface area contributed by atoms with E-state index < -0.39 is 0 Å². The number of carbonyl (C=O) groups is 1. The molecule has 1 aromatic heterocycles. The summed E-state index contributed by atoms with van der Waals surface area (Å²) in [6.45, 7) is 4.89. The Morgan fingerprint density at radius 1 is 1.03 bits per heavy atom. The van der Waals surface area contributed by atoms with Crippen LogP contribution in [0.1, 0.15) is 23.0 Å². The van der Waals surface area contributed by atoms with Crippen LogP contribution in [0.5, 0.6) is 11.5 Å². The van der Waals surface area contributed by atoms with Gasteiger partial charge in [0.1, 0.15) is 17.2 Å². The summed E-state index contributed by atoms with van der Waals surface area (Å²) < 4.78 is 10.6. The molecule has 3 rings (SSSR count). The molecule has 0 radical (unpaired) electrons. The molecule has 0 aliphatic rings. The Labute approximate surface area is 171 Å². The first kappa shape index (κ1) is 20.2. The van der Waals surface area contributed by atoms with Gasteiger partial charge in [0.15, 0.2) is 0 Å². The first-order valence-electron chi connectivity index (χ1n) is 9.39. The molecule has 1 N–H and O–H groups in total. The Morgan fingerprint density at radius 2 is 1.83 bits per heavy atom. The van der Waals surface area contributed by atoms with Gasteiger partial charge in [0, 0.05) is 30.2 Å². The molecular weight excluding hydrogens is 366 g/mol. The van der Waals surface area contributed by atoms with E-state index in [9.17, 15) is 4.79 Å². The van der Waals surface area contributed by atoms with E-state index in [-0.39, 0.29) is 5.91 Å². The Bertz CT molecular complexity index is 1000. The van der Waals surface area contributed by atoms with E-state index in [1.54, 1.807) is 44.7 Å². The number of methoxy groups -OCH3 is 2. The number of pyridine rings is 1. The van der Waals surface area contributed by atoms with Crippen LogP contribution in [0.25, 0.3) is 0 Å². The molecule has 0 saturated carbocycles. The third kappa shape index (κ3) is 4.66. The summed E-state index contributed by atoms with van der Waals surface area (Å²) in [4.78, 5) is 19.2. The average Bonchev–Trinajstić information content (AvgIpc) is 2.74. The number of ether oxygens (including phenoxy) is 2. The number of anilines is 3. The standard InChI is InChI=1S/C23H25N3O3/c1-5-26(17-8-6-7-16(2)13-17)18-11-12-24-21(14-18)23(27)25-20-15-19(28-3)9-10-22(20)29-4/h6-15H,5H2,1-4H3,(H,25,27). The molecule has 2 aromatic carbocycles. The number of hydrogen-bond donors (Lipinski definition) is 1. The van der Waals surface area contributed by atoms with Crippen molar-refractivity contribution in [3.05, 3.63) is 72.1 Å². The zero-order valence-electron chi connectivity index (χ0n) is 17.1. The normalized spacial score (nSPS) is 10.3. The molecule has 0 aliphatic heterocycles. The summed E-state index contributed by atoms with van der Waals surface area (Å²) in [7, 11) is 3.13. The SMILES string of the molecule is CCN(c1cccc(C)c1)c1ccnc(C(=O)Nc2cc(OC)ccc2OC)c1. The molecular formula is C23H25N3O3. The van der Waals surface area contributed by atoms with Crippen molar-refractivity contribution in [3.63, 3.8) is 0 Å². The molecule has 0 fully saturated rings. The van der Waals surface area contributed by atoms with Gasteiger partial charge in [0.25, 0.3) is 5.91 Å². The number of rotatable bonds is 7. The van der Waals surface area contributed by atoms with E-state index in [4.69, 9.17) is 9.47 Å². The zero-order chi connectivity index (χ0) is 20.8. The van der Waals surface area contributed by atoms with Gasteiger partial charge in [-0.2, -0.15) is 0 Å². The van der Waals surface area contributed by atoms with Crippen LogP contribution in [-0.4, -0.2) is 31.7 Å². The lowest BCUT2D eigenvalue weighted by atomic mass is 10.2. The van der Waals surface area contributed by atoms with Gasteiger partial charge in [-0.3, -0.25) is 9.78 Å². The lowest BCUT2D eigenvalue weighted by Gasteiger charge is -2.24. The maximum atomic E-state index is 12.8. The predicted octanol–water partition coefficient (Wildman–Crippen LogP) is 4.82. The number of aryl methyl sites for hydroxylation is 1. The fraction of sp³-hybridized carbons (Fsp3) is 0.217. The van der Waals surface area contributed by atoms with E-state index in [1.807, 2.05) is 12.1 Å². The van der Waals surface area contributed by atoms with Crippen molar-refractivity contribution < 1.29 is 14.3 Å². The molecule has 0 aliphatic carbocycles. The molecule has 0 unspecified atom stereocenters. The highest BCUT2D eigenvalue weighted by Gasteiger charge is 2.15. The van der Waals surface area contributed by atoms with Gasteiger partial charge in [-0.15, -0.1) is 0 Å².